The summed E-state index contributed by atoms with van der Waals surface area (Å²) in [4.78, 5) is 22.6. The third kappa shape index (κ3) is 37.5. The summed E-state index contributed by atoms with van der Waals surface area (Å²) in [5, 5.41) is 13.6. The number of nitrogens with one attached hydrogen (secondary N) is 1. The van der Waals surface area contributed by atoms with E-state index in [0.29, 0.717) is 6.42 Å². The van der Waals surface area contributed by atoms with Gasteiger partial charge in [-0.15, -0.1) is 0 Å². The minimum atomic E-state index is -4.36. The number of amides is 1. The second-order valence-electron chi connectivity index (χ2n) is 13.1. The second-order valence-corrected chi connectivity index (χ2v) is 14.6. The highest BCUT2D eigenvalue weighted by molar-refractivity contribution is 7.47. The normalized spacial score (nSPS) is 15.2. The van der Waals surface area contributed by atoms with Crippen LogP contribution in [0, 0.1) is 0 Å². The second kappa shape index (κ2) is 39.1. The zero-order valence-corrected chi connectivity index (χ0v) is 34.1. The largest absolute Gasteiger partial charge is 0.472 e. The predicted molar refractivity (Wildman–Crippen MR) is 226 cm³/mol. The van der Waals surface area contributed by atoms with Gasteiger partial charge in [-0.2, -0.15) is 0 Å². The van der Waals surface area contributed by atoms with E-state index in [1.54, 1.807) is 6.08 Å². The molecule has 3 unspecified atom stereocenters. The molecule has 0 aromatic carbocycles. The Labute approximate surface area is 323 Å². The van der Waals surface area contributed by atoms with Gasteiger partial charge in [0.2, 0.25) is 5.91 Å². The molecule has 5 N–H and O–H groups in total. The highest BCUT2D eigenvalue weighted by Crippen LogP contribution is 2.43. The number of nitrogens with two attached hydrogens (primary N) is 1. The maximum Gasteiger partial charge on any atom is 0.472 e. The Morgan fingerprint density at radius 1 is 0.642 bits per heavy atom. The third-order valence-electron chi connectivity index (χ3n) is 8.14. The Hall–Kier alpha value is -2.58. The molecule has 0 radical (unpaired) electrons. The molecule has 0 aromatic heterocycles. The number of hydrogen-bond acceptors (Lipinski definition) is 6. The summed E-state index contributed by atoms with van der Waals surface area (Å²) in [5.41, 5.74) is 5.35. The van der Waals surface area contributed by atoms with E-state index in [2.05, 4.69) is 104 Å². The number of carbonyl (C=O) groups is 1. The first-order valence-electron chi connectivity index (χ1n) is 20.4. The van der Waals surface area contributed by atoms with E-state index in [0.717, 1.165) is 89.9 Å². The van der Waals surface area contributed by atoms with Crippen LogP contribution in [-0.2, 0) is 18.4 Å². The maximum atomic E-state index is 12.7. The van der Waals surface area contributed by atoms with Crippen molar-refractivity contribution in [3.8, 4) is 0 Å². The third-order valence-corrected chi connectivity index (χ3v) is 9.13. The zero-order chi connectivity index (χ0) is 38.9. The van der Waals surface area contributed by atoms with Crippen molar-refractivity contribution in [1.82, 2.24) is 5.32 Å². The van der Waals surface area contributed by atoms with Crippen LogP contribution >= 0.6 is 7.82 Å². The van der Waals surface area contributed by atoms with Crippen molar-refractivity contribution in [2.75, 3.05) is 19.8 Å². The van der Waals surface area contributed by atoms with Crippen molar-refractivity contribution in [2.24, 2.45) is 5.73 Å². The van der Waals surface area contributed by atoms with Crippen LogP contribution < -0.4 is 11.1 Å². The van der Waals surface area contributed by atoms with Crippen LogP contribution in [0.1, 0.15) is 142 Å². The number of carbonyl (C=O) groups excluding carboxylic acids is 1. The molecular weight excluding hydrogens is 683 g/mol. The molecule has 9 heteroatoms. The molecule has 0 heterocycles. The minimum absolute atomic E-state index is 0.0636. The minimum Gasteiger partial charge on any atom is -0.387 e. The SMILES string of the molecule is CC/C=C\C/C=C\C/C=C\C/C=C\C/C=C\C/C=C\CCCCCCC(=O)NC(COP(=O)(O)OCCN)C(O)/C=C/CC/C=C/CCCCCCC. The van der Waals surface area contributed by atoms with Crippen molar-refractivity contribution in [2.45, 2.75) is 154 Å². The summed E-state index contributed by atoms with van der Waals surface area (Å²) >= 11 is 0. The van der Waals surface area contributed by atoms with Crippen molar-refractivity contribution < 1.29 is 28.4 Å². The lowest BCUT2D eigenvalue weighted by Gasteiger charge is -2.23. The molecule has 0 aromatic rings. The van der Waals surface area contributed by atoms with E-state index in [9.17, 15) is 19.4 Å². The molecule has 0 aliphatic heterocycles. The molecule has 0 aliphatic carbocycles. The predicted octanol–water partition coefficient (Wildman–Crippen LogP) is 11.2. The Balaban J connectivity index is 4.32. The van der Waals surface area contributed by atoms with Crippen LogP contribution in [0.3, 0.4) is 0 Å². The van der Waals surface area contributed by atoms with E-state index in [1.807, 2.05) is 6.08 Å². The lowest BCUT2D eigenvalue weighted by atomic mass is 10.1. The standard InChI is InChI=1S/C44H75N2O6P/c1-3-5-7-9-11-13-15-16-17-18-19-20-21-22-23-24-25-26-28-30-32-34-36-38-44(48)46-42(41-52-53(49,50)51-40-39-45)43(47)37-35-33-31-29-27-14-12-10-8-6-4-2/h5,7,11,13,16-17,19-20,22-23,25-27,29,35,37,42-43,47H,3-4,6,8-10,12,14-15,18,21,24,28,30-34,36,38-41,45H2,1-2H3,(H,46,48)(H,49,50)/b7-5-,13-11-,17-16-,20-19-,23-22-,26-25-,29-27+,37-35+. The van der Waals surface area contributed by atoms with Gasteiger partial charge in [-0.1, -0.05) is 150 Å². The van der Waals surface area contributed by atoms with Gasteiger partial charge in [0.1, 0.15) is 0 Å². The quantitative estimate of drug-likeness (QED) is 0.0284. The van der Waals surface area contributed by atoms with E-state index in [1.165, 1.54) is 32.1 Å². The van der Waals surface area contributed by atoms with Crippen LogP contribution in [0.5, 0.6) is 0 Å². The fraction of sp³-hybridized carbons (Fsp3) is 0.614. The molecule has 0 bridgehead atoms. The van der Waals surface area contributed by atoms with Gasteiger partial charge in [0.15, 0.2) is 0 Å². The Bertz CT molecular complexity index is 1140. The van der Waals surface area contributed by atoms with Crippen molar-refractivity contribution >= 4 is 13.7 Å². The molecule has 8 nitrogen and oxygen atoms in total. The van der Waals surface area contributed by atoms with Gasteiger partial charge < -0.3 is 21.1 Å². The fourth-order valence-electron chi connectivity index (χ4n) is 5.09. The Morgan fingerprint density at radius 3 is 1.66 bits per heavy atom. The fourth-order valence-corrected chi connectivity index (χ4v) is 5.85. The van der Waals surface area contributed by atoms with Gasteiger partial charge in [-0.25, -0.2) is 4.57 Å². The number of aliphatic hydroxyl groups excluding tert-OH is 1. The van der Waals surface area contributed by atoms with Crippen LogP contribution in [0.15, 0.2) is 97.2 Å². The van der Waals surface area contributed by atoms with Gasteiger partial charge in [0.05, 0.1) is 25.4 Å². The van der Waals surface area contributed by atoms with E-state index in [-0.39, 0.29) is 25.7 Å². The number of allylic oxidation sites excluding steroid dienone is 15. The molecular formula is C44H75N2O6P. The number of phosphoric acid groups is 1. The van der Waals surface area contributed by atoms with Gasteiger partial charge in [0, 0.05) is 13.0 Å². The molecule has 0 fully saturated rings. The molecule has 1 amide bonds. The lowest BCUT2D eigenvalue weighted by Crippen LogP contribution is -2.45. The van der Waals surface area contributed by atoms with Gasteiger partial charge in [-0.3, -0.25) is 13.8 Å². The number of unbranched alkanes of at least 4 members (excludes halogenated alkanes) is 10. The van der Waals surface area contributed by atoms with Gasteiger partial charge in [-0.05, 0) is 83.5 Å². The monoisotopic (exact) mass is 759 g/mol. The Morgan fingerprint density at radius 2 is 1.11 bits per heavy atom. The molecule has 0 saturated carbocycles. The maximum absolute atomic E-state index is 12.7. The van der Waals surface area contributed by atoms with E-state index < -0.39 is 20.0 Å². The summed E-state index contributed by atoms with van der Waals surface area (Å²) in [6.45, 7) is 3.92. The number of phosphoric ester groups is 1. The van der Waals surface area contributed by atoms with Crippen LogP contribution in [-0.4, -0.2) is 47.8 Å². The summed E-state index contributed by atoms with van der Waals surface area (Å²) in [7, 11) is -4.36. The van der Waals surface area contributed by atoms with Crippen LogP contribution in [0.4, 0.5) is 0 Å². The Kier molecular flexibility index (Phi) is 37.2. The van der Waals surface area contributed by atoms with E-state index in [4.69, 9.17) is 14.8 Å². The summed E-state index contributed by atoms with van der Waals surface area (Å²) in [6.07, 6.45) is 53.2. The first-order valence-corrected chi connectivity index (χ1v) is 21.9. The summed E-state index contributed by atoms with van der Waals surface area (Å²) < 4.78 is 22.0. The first-order chi connectivity index (χ1) is 25.9. The molecule has 302 valence electrons. The van der Waals surface area contributed by atoms with E-state index >= 15 is 0 Å². The van der Waals surface area contributed by atoms with Gasteiger partial charge >= 0.3 is 7.82 Å². The number of hydrogen-bond donors (Lipinski definition) is 4. The number of aliphatic hydroxyl groups is 1. The highest BCUT2D eigenvalue weighted by atomic mass is 31.2. The van der Waals surface area contributed by atoms with Crippen molar-refractivity contribution in [1.29, 1.82) is 0 Å². The lowest BCUT2D eigenvalue weighted by molar-refractivity contribution is -0.123. The van der Waals surface area contributed by atoms with Crippen molar-refractivity contribution in [3.63, 3.8) is 0 Å². The zero-order valence-electron chi connectivity index (χ0n) is 33.2. The highest BCUT2D eigenvalue weighted by Gasteiger charge is 2.26. The smallest absolute Gasteiger partial charge is 0.387 e. The molecule has 0 aliphatic rings. The van der Waals surface area contributed by atoms with Crippen LogP contribution in [0.25, 0.3) is 0 Å². The average Bonchev–Trinajstić information content (AvgIpc) is 3.14. The molecule has 0 spiro atoms. The topological polar surface area (TPSA) is 131 Å². The summed E-state index contributed by atoms with van der Waals surface area (Å²) in [5.74, 6) is -0.236. The average molecular weight is 759 g/mol. The first kappa shape index (κ1) is 50.4. The molecule has 53 heavy (non-hydrogen) atoms. The number of rotatable bonds is 36. The van der Waals surface area contributed by atoms with Crippen LogP contribution in [0.2, 0.25) is 0 Å². The van der Waals surface area contributed by atoms with Gasteiger partial charge in [0.25, 0.3) is 0 Å². The molecule has 0 saturated heterocycles. The molecule has 0 rings (SSSR count). The molecule has 3 atom stereocenters. The van der Waals surface area contributed by atoms with Crippen molar-refractivity contribution in [3.05, 3.63) is 97.2 Å². The summed E-state index contributed by atoms with van der Waals surface area (Å²) in [6, 6.07) is -0.896.